The second-order valence-corrected chi connectivity index (χ2v) is 8.68. The number of halogens is 3. The van der Waals surface area contributed by atoms with Crippen LogP contribution < -0.4 is 14.4 Å². The molecule has 14 heteroatoms. The largest absolute Gasteiger partial charge is 0.493 e. The molecule has 0 radical (unpaired) electrons. The van der Waals surface area contributed by atoms with Crippen LogP contribution in [0.5, 0.6) is 11.5 Å². The molecule has 0 fully saturated rings. The lowest BCUT2D eigenvalue weighted by atomic mass is 9.90. The highest BCUT2D eigenvalue weighted by Crippen LogP contribution is 2.46. The fraction of sp³-hybridized carbons (Fsp3) is 0.440. The molecule has 212 valence electrons. The number of rotatable bonds is 7. The molecule has 11 nitrogen and oxygen atoms in total. The van der Waals surface area contributed by atoms with Crippen LogP contribution in [0.4, 0.5) is 34.1 Å². The maximum absolute atomic E-state index is 13.5. The Balaban J connectivity index is 2.19. The van der Waals surface area contributed by atoms with Crippen LogP contribution >= 0.6 is 0 Å². The third kappa shape index (κ3) is 6.10. The highest BCUT2D eigenvalue weighted by Gasteiger charge is 2.41. The Bertz CT molecular complexity index is 1250. The number of fused-ring (bicyclic) bond motifs is 1. The number of carbonyl (C=O) groups excluding carboxylic acids is 2. The van der Waals surface area contributed by atoms with E-state index >= 15 is 0 Å². The summed E-state index contributed by atoms with van der Waals surface area (Å²) in [6, 6.07) is 3.87. The number of amides is 2. The molecular formula is C25H28F3N3O8. The molecule has 2 aromatic rings. The first-order valence-electron chi connectivity index (χ1n) is 11.8. The van der Waals surface area contributed by atoms with Gasteiger partial charge in [-0.3, -0.25) is 19.9 Å². The first-order chi connectivity index (χ1) is 18.4. The lowest BCUT2D eigenvalue weighted by Gasteiger charge is -2.42. The molecule has 0 saturated carbocycles. The molecule has 2 amide bonds. The molecule has 2 aromatic carbocycles. The van der Waals surface area contributed by atoms with E-state index < -0.39 is 53.2 Å². The van der Waals surface area contributed by atoms with Gasteiger partial charge in [-0.25, -0.2) is 9.59 Å². The zero-order valence-corrected chi connectivity index (χ0v) is 21.9. The summed E-state index contributed by atoms with van der Waals surface area (Å²) in [6.45, 7) is 3.02. The highest BCUT2D eigenvalue weighted by atomic mass is 19.4. The van der Waals surface area contributed by atoms with Crippen molar-refractivity contribution in [3.8, 4) is 11.5 Å². The van der Waals surface area contributed by atoms with E-state index in [1.54, 1.807) is 26.0 Å². The number of benzene rings is 2. The van der Waals surface area contributed by atoms with Crippen molar-refractivity contribution in [2.45, 2.75) is 45.1 Å². The fourth-order valence-corrected chi connectivity index (χ4v) is 4.57. The van der Waals surface area contributed by atoms with Gasteiger partial charge in [-0.2, -0.15) is 13.2 Å². The molecule has 39 heavy (non-hydrogen) atoms. The average Bonchev–Trinajstić information content (AvgIpc) is 2.89. The van der Waals surface area contributed by atoms with Crippen LogP contribution in [0.1, 0.15) is 43.0 Å². The van der Waals surface area contributed by atoms with Gasteiger partial charge in [-0.15, -0.1) is 0 Å². The van der Waals surface area contributed by atoms with Crippen LogP contribution in [0.3, 0.4) is 0 Å². The van der Waals surface area contributed by atoms with Crippen molar-refractivity contribution in [1.82, 2.24) is 4.90 Å². The van der Waals surface area contributed by atoms with Gasteiger partial charge in [0.2, 0.25) is 0 Å². The standard InChI is InChI=1S/C25H28F3N3O8/c1-6-39-24(33)30-14(2)7-19(18-11-21(36-3)22(37-4)12-20(18)30)29(23(32)38-5)13-15-8-16(25(26,27)28)10-17(9-15)31(34)35/h8-12,14,19H,6-7,13H2,1-5H3/t14-,19+/m1/s1. The van der Waals surface area contributed by atoms with E-state index in [1.807, 2.05) is 0 Å². The molecular weight excluding hydrogens is 527 g/mol. The molecule has 1 aliphatic rings. The number of anilines is 1. The van der Waals surface area contributed by atoms with Crippen molar-refractivity contribution in [3.05, 3.63) is 57.1 Å². The van der Waals surface area contributed by atoms with Crippen molar-refractivity contribution >= 4 is 23.6 Å². The van der Waals surface area contributed by atoms with Crippen LogP contribution in [0.15, 0.2) is 30.3 Å². The molecule has 0 N–H and O–H groups in total. The summed E-state index contributed by atoms with van der Waals surface area (Å²) >= 11 is 0. The number of nitrogens with zero attached hydrogens (tertiary/aromatic N) is 3. The van der Waals surface area contributed by atoms with Crippen LogP contribution in [-0.4, -0.2) is 56.0 Å². The van der Waals surface area contributed by atoms with Crippen molar-refractivity contribution in [2.24, 2.45) is 0 Å². The van der Waals surface area contributed by atoms with Gasteiger partial charge in [0.15, 0.2) is 11.5 Å². The predicted octanol–water partition coefficient (Wildman–Crippen LogP) is 5.70. The van der Waals surface area contributed by atoms with Crippen molar-refractivity contribution in [3.63, 3.8) is 0 Å². The lowest BCUT2D eigenvalue weighted by Crippen LogP contribution is -2.47. The summed E-state index contributed by atoms with van der Waals surface area (Å²) < 4.78 is 61.5. The maximum Gasteiger partial charge on any atom is 0.416 e. The highest BCUT2D eigenvalue weighted by molar-refractivity contribution is 5.91. The van der Waals surface area contributed by atoms with Gasteiger partial charge in [0.25, 0.3) is 5.69 Å². The number of hydrogen-bond acceptors (Lipinski definition) is 8. The van der Waals surface area contributed by atoms with Crippen molar-refractivity contribution < 1.29 is 46.6 Å². The summed E-state index contributed by atoms with van der Waals surface area (Å²) in [5, 5.41) is 11.4. The smallest absolute Gasteiger partial charge is 0.416 e. The molecule has 1 heterocycles. The number of nitro benzene ring substituents is 1. The molecule has 2 atom stereocenters. The zero-order chi connectivity index (χ0) is 29.1. The van der Waals surface area contributed by atoms with E-state index in [4.69, 9.17) is 18.9 Å². The molecule has 0 unspecified atom stereocenters. The van der Waals surface area contributed by atoms with Gasteiger partial charge in [0.1, 0.15) is 0 Å². The summed E-state index contributed by atoms with van der Waals surface area (Å²) in [5.41, 5.74) is -1.40. The van der Waals surface area contributed by atoms with Crippen molar-refractivity contribution in [2.75, 3.05) is 32.8 Å². The van der Waals surface area contributed by atoms with Crippen LogP contribution in [0.25, 0.3) is 0 Å². The Labute approximate surface area is 222 Å². The average molecular weight is 556 g/mol. The number of alkyl halides is 3. The third-order valence-corrected chi connectivity index (χ3v) is 6.28. The van der Waals surface area contributed by atoms with Gasteiger partial charge in [0, 0.05) is 36.3 Å². The topological polar surface area (TPSA) is 121 Å². The minimum atomic E-state index is -4.85. The van der Waals surface area contributed by atoms with E-state index in [2.05, 4.69) is 0 Å². The predicted molar refractivity (Wildman–Crippen MR) is 132 cm³/mol. The number of methoxy groups -OCH3 is 3. The van der Waals surface area contributed by atoms with Gasteiger partial charge in [0.05, 0.1) is 50.2 Å². The molecule has 1 aliphatic heterocycles. The minimum Gasteiger partial charge on any atom is -0.493 e. The van der Waals surface area contributed by atoms with E-state index in [-0.39, 0.29) is 30.1 Å². The fourth-order valence-electron chi connectivity index (χ4n) is 4.57. The number of non-ortho nitro benzene ring substituents is 1. The van der Waals surface area contributed by atoms with Gasteiger partial charge >= 0.3 is 18.4 Å². The Kier molecular flexibility index (Phi) is 8.77. The number of carbonyl (C=O) groups is 2. The third-order valence-electron chi connectivity index (χ3n) is 6.28. The Hall–Kier alpha value is -4.23. The zero-order valence-electron chi connectivity index (χ0n) is 21.9. The van der Waals surface area contributed by atoms with Gasteiger partial charge < -0.3 is 18.9 Å². The monoisotopic (exact) mass is 555 g/mol. The number of nitro groups is 1. The molecule has 0 aromatic heterocycles. The van der Waals surface area contributed by atoms with Gasteiger partial charge in [-0.1, -0.05) is 0 Å². The number of hydrogen-bond donors (Lipinski definition) is 0. The minimum absolute atomic E-state index is 0.108. The summed E-state index contributed by atoms with van der Waals surface area (Å²) in [5.74, 6) is 0.565. The van der Waals surface area contributed by atoms with E-state index in [1.165, 1.54) is 19.1 Å². The second kappa shape index (κ2) is 11.7. The first kappa shape index (κ1) is 29.3. The van der Waals surface area contributed by atoms with Crippen molar-refractivity contribution in [1.29, 1.82) is 0 Å². The summed E-state index contributed by atoms with van der Waals surface area (Å²) in [6.07, 6.45) is -6.25. The second-order valence-electron chi connectivity index (χ2n) is 8.68. The molecule has 3 rings (SSSR count). The Morgan fingerprint density at radius 3 is 2.28 bits per heavy atom. The normalized spacial score (nSPS) is 16.7. The molecule has 0 saturated heterocycles. The quantitative estimate of drug-likeness (QED) is 0.315. The maximum atomic E-state index is 13.5. The van der Waals surface area contributed by atoms with E-state index in [9.17, 15) is 32.9 Å². The lowest BCUT2D eigenvalue weighted by molar-refractivity contribution is -0.385. The van der Waals surface area contributed by atoms with Crippen LogP contribution in [0.2, 0.25) is 0 Å². The van der Waals surface area contributed by atoms with E-state index in [0.29, 0.717) is 17.3 Å². The Morgan fingerprint density at radius 1 is 1.10 bits per heavy atom. The molecule has 0 aliphatic carbocycles. The summed E-state index contributed by atoms with van der Waals surface area (Å²) in [4.78, 5) is 38.9. The Morgan fingerprint density at radius 2 is 1.74 bits per heavy atom. The number of ether oxygens (including phenoxy) is 4. The SMILES string of the molecule is CCOC(=O)N1c2cc(OC)c(OC)cc2[C@@H](N(Cc2cc([N+](=O)[O-])cc(C(F)(F)F)c2)C(=O)OC)C[C@H]1C. The molecule has 0 spiro atoms. The molecule has 0 bridgehead atoms. The van der Waals surface area contributed by atoms with Crippen LogP contribution in [-0.2, 0) is 22.2 Å². The van der Waals surface area contributed by atoms with Crippen LogP contribution in [0, 0.1) is 10.1 Å². The first-order valence-corrected chi connectivity index (χ1v) is 11.8. The van der Waals surface area contributed by atoms with E-state index in [0.717, 1.165) is 24.1 Å². The summed E-state index contributed by atoms with van der Waals surface area (Å²) in [7, 11) is 3.91. The van der Waals surface area contributed by atoms with Gasteiger partial charge in [-0.05, 0) is 38.0 Å².